The molecule has 4 nitrogen and oxygen atoms in total. The monoisotopic (exact) mass is 295 g/mol. The number of halogens is 1. The number of nitrogens with two attached hydrogens (primary N) is 2. The summed E-state index contributed by atoms with van der Waals surface area (Å²) in [6, 6.07) is 7.81. The third kappa shape index (κ3) is 3.14. The first-order valence-corrected chi connectivity index (χ1v) is 7.45. The van der Waals surface area contributed by atoms with Gasteiger partial charge in [-0.2, -0.15) is 0 Å². The first-order valence-electron chi connectivity index (χ1n) is 7.08. The highest BCUT2D eigenvalue weighted by Gasteiger charge is 2.34. The van der Waals surface area contributed by atoms with Gasteiger partial charge in [0.25, 0.3) is 0 Å². The second-order valence-electron chi connectivity index (χ2n) is 5.42. The van der Waals surface area contributed by atoms with Crippen LogP contribution in [0.1, 0.15) is 31.4 Å². The molecule has 1 saturated heterocycles. The van der Waals surface area contributed by atoms with Gasteiger partial charge in [-0.3, -0.25) is 9.69 Å². The van der Waals surface area contributed by atoms with E-state index in [-0.39, 0.29) is 23.9 Å². The summed E-state index contributed by atoms with van der Waals surface area (Å²) in [5.41, 5.74) is 12.8. The van der Waals surface area contributed by atoms with Crippen LogP contribution in [0.5, 0.6) is 0 Å². The van der Waals surface area contributed by atoms with Crippen LogP contribution in [0, 0.1) is 5.92 Å². The van der Waals surface area contributed by atoms with E-state index in [0.29, 0.717) is 6.54 Å². The minimum atomic E-state index is -0.226. The number of likely N-dealkylation sites (tertiary alicyclic amines) is 1. The predicted octanol–water partition coefficient (Wildman–Crippen LogP) is 1.93. The Labute approximate surface area is 125 Å². The summed E-state index contributed by atoms with van der Waals surface area (Å²) < 4.78 is 0. The van der Waals surface area contributed by atoms with E-state index in [0.717, 1.165) is 30.0 Å². The summed E-state index contributed by atoms with van der Waals surface area (Å²) in [5, 5.41) is 0.726. The molecular formula is C15H22ClN3O. The highest BCUT2D eigenvalue weighted by Crippen LogP contribution is 2.34. The lowest BCUT2D eigenvalue weighted by Gasteiger charge is -2.33. The van der Waals surface area contributed by atoms with Gasteiger partial charge >= 0.3 is 0 Å². The van der Waals surface area contributed by atoms with Crippen LogP contribution in [0.15, 0.2) is 24.3 Å². The van der Waals surface area contributed by atoms with Gasteiger partial charge in [-0.05, 0) is 31.0 Å². The number of carbonyl (C=O) groups is 1. The zero-order valence-corrected chi connectivity index (χ0v) is 12.5. The second-order valence-corrected chi connectivity index (χ2v) is 5.83. The van der Waals surface area contributed by atoms with Crippen molar-refractivity contribution in [3.8, 4) is 0 Å². The topological polar surface area (TPSA) is 72.3 Å². The van der Waals surface area contributed by atoms with Crippen LogP contribution in [-0.4, -0.2) is 29.9 Å². The van der Waals surface area contributed by atoms with Crippen molar-refractivity contribution >= 4 is 17.5 Å². The standard InChI is InChI=1S/C15H22ClN3O/c1-2-13(17)14(11-5-3-4-6-12(11)16)19-8-7-10(9-19)15(18)20/h3-6,10,13-14H,2,7-9,17H2,1H3,(H2,18,20). The third-order valence-electron chi connectivity index (χ3n) is 4.12. The fraction of sp³-hybridized carbons (Fsp3) is 0.533. The fourth-order valence-electron chi connectivity index (χ4n) is 2.91. The van der Waals surface area contributed by atoms with Crippen molar-refractivity contribution in [3.63, 3.8) is 0 Å². The summed E-state index contributed by atoms with van der Waals surface area (Å²) in [4.78, 5) is 13.6. The molecular weight excluding hydrogens is 274 g/mol. The molecule has 1 aromatic rings. The van der Waals surface area contributed by atoms with Crippen molar-refractivity contribution < 1.29 is 4.79 Å². The molecule has 0 radical (unpaired) electrons. The molecule has 4 N–H and O–H groups in total. The Morgan fingerprint density at radius 3 is 2.75 bits per heavy atom. The molecule has 0 spiro atoms. The molecule has 1 amide bonds. The van der Waals surface area contributed by atoms with Crippen LogP contribution in [0.2, 0.25) is 5.02 Å². The summed E-state index contributed by atoms with van der Waals surface area (Å²) >= 11 is 6.32. The molecule has 1 aliphatic rings. The van der Waals surface area contributed by atoms with Gasteiger partial charge in [-0.1, -0.05) is 36.7 Å². The van der Waals surface area contributed by atoms with Gasteiger partial charge < -0.3 is 11.5 Å². The average Bonchev–Trinajstić information content (AvgIpc) is 2.90. The van der Waals surface area contributed by atoms with Crippen LogP contribution >= 0.6 is 11.6 Å². The average molecular weight is 296 g/mol. The molecule has 0 bridgehead atoms. The number of primary amides is 1. The van der Waals surface area contributed by atoms with Crippen molar-refractivity contribution in [2.24, 2.45) is 17.4 Å². The van der Waals surface area contributed by atoms with Crippen molar-refractivity contribution in [2.75, 3.05) is 13.1 Å². The lowest BCUT2D eigenvalue weighted by Crippen LogP contribution is -2.40. The summed E-state index contributed by atoms with van der Waals surface area (Å²) in [6.07, 6.45) is 1.65. The van der Waals surface area contributed by atoms with Gasteiger partial charge in [-0.15, -0.1) is 0 Å². The third-order valence-corrected chi connectivity index (χ3v) is 4.46. The summed E-state index contributed by atoms with van der Waals surface area (Å²) in [5.74, 6) is -0.306. The highest BCUT2D eigenvalue weighted by atomic mass is 35.5. The highest BCUT2D eigenvalue weighted by molar-refractivity contribution is 6.31. The van der Waals surface area contributed by atoms with E-state index in [4.69, 9.17) is 23.1 Å². The first-order chi connectivity index (χ1) is 9.54. The second kappa shape index (κ2) is 6.57. The normalized spacial score (nSPS) is 22.6. The number of nitrogens with zero attached hydrogens (tertiary/aromatic N) is 1. The van der Waals surface area contributed by atoms with Crippen LogP contribution < -0.4 is 11.5 Å². The van der Waals surface area contributed by atoms with E-state index in [2.05, 4.69) is 11.8 Å². The number of amides is 1. The van der Waals surface area contributed by atoms with Crippen molar-refractivity contribution in [2.45, 2.75) is 31.8 Å². The van der Waals surface area contributed by atoms with Gasteiger partial charge in [0.1, 0.15) is 0 Å². The minimum absolute atomic E-state index is 0.0125. The lowest BCUT2D eigenvalue weighted by atomic mass is 9.96. The number of hydrogen-bond donors (Lipinski definition) is 2. The molecule has 1 aliphatic heterocycles. The predicted molar refractivity (Wildman–Crippen MR) is 81.3 cm³/mol. The van der Waals surface area contributed by atoms with Crippen molar-refractivity contribution in [3.05, 3.63) is 34.9 Å². The molecule has 1 heterocycles. The van der Waals surface area contributed by atoms with E-state index < -0.39 is 0 Å². The van der Waals surface area contributed by atoms with Gasteiger partial charge in [-0.25, -0.2) is 0 Å². The number of hydrogen-bond acceptors (Lipinski definition) is 3. The smallest absolute Gasteiger partial charge is 0.221 e. The van der Waals surface area contributed by atoms with Gasteiger partial charge in [0.2, 0.25) is 5.91 Å². The zero-order chi connectivity index (χ0) is 14.7. The molecule has 2 rings (SSSR count). The van der Waals surface area contributed by atoms with E-state index in [1.54, 1.807) is 0 Å². The van der Waals surface area contributed by atoms with Crippen LogP contribution in [0.4, 0.5) is 0 Å². The Bertz CT molecular complexity index is 480. The molecule has 0 aromatic heterocycles. The summed E-state index contributed by atoms with van der Waals surface area (Å²) in [6.45, 7) is 3.56. The maximum Gasteiger partial charge on any atom is 0.221 e. The largest absolute Gasteiger partial charge is 0.369 e. The van der Waals surface area contributed by atoms with Gasteiger partial charge in [0, 0.05) is 17.6 Å². The molecule has 20 heavy (non-hydrogen) atoms. The van der Waals surface area contributed by atoms with Gasteiger partial charge in [0.05, 0.1) is 12.0 Å². The van der Waals surface area contributed by atoms with E-state index >= 15 is 0 Å². The Morgan fingerprint density at radius 2 is 2.20 bits per heavy atom. The molecule has 0 aliphatic carbocycles. The van der Waals surface area contributed by atoms with E-state index in [9.17, 15) is 4.79 Å². The molecule has 3 atom stereocenters. The molecule has 110 valence electrons. The first kappa shape index (κ1) is 15.3. The quantitative estimate of drug-likeness (QED) is 0.872. The fourth-order valence-corrected chi connectivity index (χ4v) is 3.16. The van der Waals surface area contributed by atoms with Crippen molar-refractivity contribution in [1.29, 1.82) is 0 Å². The Morgan fingerprint density at radius 1 is 1.50 bits per heavy atom. The summed E-state index contributed by atoms with van der Waals surface area (Å²) in [7, 11) is 0. The Hall–Kier alpha value is -1.10. The molecule has 5 heteroatoms. The van der Waals surface area contributed by atoms with Gasteiger partial charge in [0.15, 0.2) is 0 Å². The number of carbonyl (C=O) groups excluding carboxylic acids is 1. The van der Waals surface area contributed by atoms with Crippen LogP contribution in [0.3, 0.4) is 0 Å². The Balaban J connectivity index is 2.26. The van der Waals surface area contributed by atoms with Crippen molar-refractivity contribution in [1.82, 2.24) is 4.90 Å². The Kier molecular flexibility index (Phi) is 5.02. The van der Waals surface area contributed by atoms with Crippen LogP contribution in [-0.2, 0) is 4.79 Å². The number of rotatable bonds is 5. The van der Waals surface area contributed by atoms with E-state index in [1.165, 1.54) is 0 Å². The lowest BCUT2D eigenvalue weighted by molar-refractivity contribution is -0.121. The maximum atomic E-state index is 11.4. The SMILES string of the molecule is CCC(N)C(c1ccccc1Cl)N1CCC(C(N)=O)C1. The van der Waals surface area contributed by atoms with Crippen LogP contribution in [0.25, 0.3) is 0 Å². The molecule has 0 saturated carbocycles. The molecule has 1 fully saturated rings. The number of benzene rings is 1. The molecule has 3 unspecified atom stereocenters. The molecule has 1 aromatic carbocycles. The van der Waals surface area contributed by atoms with E-state index in [1.807, 2.05) is 24.3 Å². The zero-order valence-electron chi connectivity index (χ0n) is 11.8. The maximum absolute atomic E-state index is 11.4. The minimum Gasteiger partial charge on any atom is -0.369 e.